The van der Waals surface area contributed by atoms with Gasteiger partial charge in [-0.2, -0.15) is 0 Å². The summed E-state index contributed by atoms with van der Waals surface area (Å²) in [5.74, 6) is -1.37. The first-order chi connectivity index (χ1) is 7.15. The van der Waals surface area contributed by atoms with Crippen LogP contribution in [0.1, 0.15) is 13.8 Å². The van der Waals surface area contributed by atoms with Crippen molar-refractivity contribution in [1.29, 1.82) is 0 Å². The highest BCUT2D eigenvalue weighted by Crippen LogP contribution is 1.92. The molecule has 0 saturated heterocycles. The standard InChI is InChI=1S/C9H18N2O4/c1-4-14-7(15-5-2)6-11-9(13)8(12)10-3/h7H,4-6H2,1-3H3,(H,10,12)(H,11,13). The van der Waals surface area contributed by atoms with Crippen molar-refractivity contribution in [3.8, 4) is 0 Å². The van der Waals surface area contributed by atoms with Gasteiger partial charge in [-0.05, 0) is 13.8 Å². The van der Waals surface area contributed by atoms with Crippen LogP contribution in [0, 0.1) is 0 Å². The summed E-state index contributed by atoms with van der Waals surface area (Å²) in [7, 11) is 1.39. The molecule has 0 rings (SSSR count). The number of hydrogen-bond acceptors (Lipinski definition) is 4. The molecule has 0 spiro atoms. The van der Waals surface area contributed by atoms with Crippen molar-refractivity contribution in [3.63, 3.8) is 0 Å². The van der Waals surface area contributed by atoms with Crippen LogP contribution in [0.25, 0.3) is 0 Å². The minimum absolute atomic E-state index is 0.161. The predicted octanol–water partition coefficient (Wildman–Crippen LogP) is -0.752. The summed E-state index contributed by atoms with van der Waals surface area (Å²) >= 11 is 0. The highest BCUT2D eigenvalue weighted by atomic mass is 16.7. The number of carbonyl (C=O) groups is 2. The van der Waals surface area contributed by atoms with Crippen LogP contribution in [-0.4, -0.2) is 44.9 Å². The van der Waals surface area contributed by atoms with Gasteiger partial charge in [-0.15, -0.1) is 0 Å². The zero-order valence-electron chi connectivity index (χ0n) is 9.33. The smallest absolute Gasteiger partial charge is 0.309 e. The zero-order chi connectivity index (χ0) is 11.7. The largest absolute Gasteiger partial charge is 0.351 e. The van der Waals surface area contributed by atoms with E-state index in [0.29, 0.717) is 13.2 Å². The first-order valence-corrected chi connectivity index (χ1v) is 4.88. The fourth-order valence-electron chi connectivity index (χ4n) is 0.908. The van der Waals surface area contributed by atoms with E-state index in [0.717, 1.165) is 0 Å². The third-order valence-corrected chi connectivity index (χ3v) is 1.57. The SMILES string of the molecule is CCOC(CNC(=O)C(=O)NC)OCC. The summed E-state index contributed by atoms with van der Waals surface area (Å²) in [5.41, 5.74) is 0. The Morgan fingerprint density at radius 3 is 2.07 bits per heavy atom. The average molecular weight is 218 g/mol. The fraction of sp³-hybridized carbons (Fsp3) is 0.778. The molecule has 2 N–H and O–H groups in total. The Labute approximate surface area is 89.3 Å². The fourth-order valence-corrected chi connectivity index (χ4v) is 0.908. The van der Waals surface area contributed by atoms with E-state index in [-0.39, 0.29) is 6.54 Å². The summed E-state index contributed by atoms with van der Waals surface area (Å²) in [6.45, 7) is 4.79. The lowest BCUT2D eigenvalue weighted by atomic mass is 10.5. The van der Waals surface area contributed by atoms with E-state index in [1.165, 1.54) is 7.05 Å². The van der Waals surface area contributed by atoms with Crippen molar-refractivity contribution >= 4 is 11.8 Å². The summed E-state index contributed by atoms with van der Waals surface area (Å²) < 4.78 is 10.4. The van der Waals surface area contributed by atoms with Gasteiger partial charge >= 0.3 is 11.8 Å². The lowest BCUT2D eigenvalue weighted by Crippen LogP contribution is -2.42. The second-order valence-electron chi connectivity index (χ2n) is 2.63. The van der Waals surface area contributed by atoms with Crippen LogP contribution in [0.15, 0.2) is 0 Å². The van der Waals surface area contributed by atoms with E-state index in [2.05, 4.69) is 10.6 Å². The van der Waals surface area contributed by atoms with Crippen LogP contribution in [0.3, 0.4) is 0 Å². The highest BCUT2D eigenvalue weighted by Gasteiger charge is 2.14. The number of nitrogens with one attached hydrogen (secondary N) is 2. The summed E-state index contributed by atoms with van der Waals surface area (Å²) in [6, 6.07) is 0. The molecule has 6 nitrogen and oxygen atoms in total. The van der Waals surface area contributed by atoms with Gasteiger partial charge in [0, 0.05) is 20.3 Å². The molecule has 0 aliphatic rings. The number of rotatable bonds is 6. The maximum atomic E-state index is 11.1. The summed E-state index contributed by atoms with van der Waals surface area (Å²) in [6.07, 6.45) is -0.506. The van der Waals surface area contributed by atoms with Gasteiger partial charge in [0.15, 0.2) is 6.29 Å². The van der Waals surface area contributed by atoms with Crippen molar-refractivity contribution in [2.24, 2.45) is 0 Å². The molecule has 0 aromatic carbocycles. The van der Waals surface area contributed by atoms with Gasteiger partial charge in [0.05, 0.1) is 6.54 Å². The van der Waals surface area contributed by atoms with Gasteiger partial charge in [-0.1, -0.05) is 0 Å². The lowest BCUT2D eigenvalue weighted by molar-refractivity contribution is -0.146. The summed E-state index contributed by atoms with van der Waals surface area (Å²) in [4.78, 5) is 21.9. The van der Waals surface area contributed by atoms with Gasteiger partial charge in [0.2, 0.25) is 0 Å². The normalized spacial score (nSPS) is 10.1. The third kappa shape index (κ3) is 6.03. The molecule has 0 aromatic heterocycles. The molecule has 2 amide bonds. The average Bonchev–Trinajstić information content (AvgIpc) is 2.25. The summed E-state index contributed by atoms with van der Waals surface area (Å²) in [5, 5.41) is 4.62. The molecule has 0 fully saturated rings. The number of carbonyl (C=O) groups excluding carboxylic acids is 2. The van der Waals surface area contributed by atoms with Crippen molar-refractivity contribution in [2.75, 3.05) is 26.8 Å². The molecule has 0 aliphatic carbocycles. The van der Waals surface area contributed by atoms with Crippen molar-refractivity contribution in [2.45, 2.75) is 20.1 Å². The minimum atomic E-state index is -0.693. The maximum Gasteiger partial charge on any atom is 0.309 e. The van der Waals surface area contributed by atoms with Crippen LogP contribution >= 0.6 is 0 Å². The predicted molar refractivity (Wildman–Crippen MR) is 54.1 cm³/mol. The molecular formula is C9H18N2O4. The number of hydrogen-bond donors (Lipinski definition) is 2. The van der Waals surface area contributed by atoms with Gasteiger partial charge < -0.3 is 20.1 Å². The first kappa shape index (κ1) is 13.9. The molecule has 0 aromatic rings. The molecule has 0 bridgehead atoms. The van der Waals surface area contributed by atoms with Crippen LogP contribution in [0.4, 0.5) is 0 Å². The quantitative estimate of drug-likeness (QED) is 0.454. The van der Waals surface area contributed by atoms with Crippen molar-refractivity contribution in [3.05, 3.63) is 0 Å². The molecule has 0 unspecified atom stereocenters. The van der Waals surface area contributed by atoms with E-state index in [1.54, 1.807) is 0 Å². The lowest BCUT2D eigenvalue weighted by Gasteiger charge is -2.16. The number of ether oxygens (including phenoxy) is 2. The highest BCUT2D eigenvalue weighted by molar-refractivity contribution is 6.34. The van der Waals surface area contributed by atoms with Crippen LogP contribution in [0.5, 0.6) is 0 Å². The molecule has 0 radical (unpaired) electrons. The maximum absolute atomic E-state index is 11.1. The Bertz CT molecular complexity index is 202. The second-order valence-corrected chi connectivity index (χ2v) is 2.63. The van der Waals surface area contributed by atoms with E-state index in [4.69, 9.17) is 9.47 Å². The Hall–Kier alpha value is -1.14. The number of likely N-dealkylation sites (N-methyl/N-ethyl adjacent to an activating group) is 1. The topological polar surface area (TPSA) is 76.7 Å². The molecule has 0 aliphatic heterocycles. The van der Waals surface area contributed by atoms with E-state index >= 15 is 0 Å². The first-order valence-electron chi connectivity index (χ1n) is 4.88. The molecule has 15 heavy (non-hydrogen) atoms. The second kappa shape index (κ2) is 8.19. The molecule has 0 atom stereocenters. The van der Waals surface area contributed by atoms with Gasteiger partial charge in [0.1, 0.15) is 0 Å². The Balaban J connectivity index is 3.87. The van der Waals surface area contributed by atoms with Gasteiger partial charge in [-0.3, -0.25) is 9.59 Å². The zero-order valence-corrected chi connectivity index (χ0v) is 9.33. The molecule has 6 heteroatoms. The Morgan fingerprint density at radius 2 is 1.67 bits per heavy atom. The van der Waals surface area contributed by atoms with Crippen LogP contribution in [0.2, 0.25) is 0 Å². The third-order valence-electron chi connectivity index (χ3n) is 1.57. The number of amides is 2. The monoisotopic (exact) mass is 218 g/mol. The van der Waals surface area contributed by atoms with E-state index in [9.17, 15) is 9.59 Å². The van der Waals surface area contributed by atoms with E-state index in [1.807, 2.05) is 13.8 Å². The minimum Gasteiger partial charge on any atom is -0.351 e. The molecule has 0 heterocycles. The Kier molecular flexibility index (Phi) is 7.57. The molecule has 88 valence electrons. The Morgan fingerprint density at radius 1 is 1.13 bits per heavy atom. The van der Waals surface area contributed by atoms with Gasteiger partial charge in [0.25, 0.3) is 0 Å². The van der Waals surface area contributed by atoms with Crippen LogP contribution in [-0.2, 0) is 19.1 Å². The van der Waals surface area contributed by atoms with Crippen LogP contribution < -0.4 is 10.6 Å². The van der Waals surface area contributed by atoms with Crippen molar-refractivity contribution in [1.82, 2.24) is 10.6 Å². The molecule has 0 saturated carbocycles. The molecular weight excluding hydrogens is 200 g/mol. The van der Waals surface area contributed by atoms with Crippen molar-refractivity contribution < 1.29 is 19.1 Å². The van der Waals surface area contributed by atoms with E-state index < -0.39 is 18.1 Å². The van der Waals surface area contributed by atoms with Gasteiger partial charge in [-0.25, -0.2) is 0 Å².